The van der Waals surface area contributed by atoms with Gasteiger partial charge in [0.1, 0.15) is 10.7 Å². The van der Waals surface area contributed by atoms with Crippen molar-refractivity contribution in [3.05, 3.63) is 47.9 Å². The molecule has 1 atom stereocenters. The number of nitrogens with zero attached hydrogens (tertiary/aromatic N) is 3. The van der Waals surface area contributed by atoms with Crippen molar-refractivity contribution in [2.45, 2.75) is 49.6 Å². The molecule has 2 heterocycles. The van der Waals surface area contributed by atoms with Gasteiger partial charge in [-0.3, -0.25) is 4.79 Å². The first kappa shape index (κ1) is 24.4. The number of hydrogen-bond acceptors (Lipinski definition) is 6. The third kappa shape index (κ3) is 5.33. The molecule has 8 nitrogen and oxygen atoms in total. The Morgan fingerprint density at radius 3 is 2.41 bits per heavy atom. The van der Waals surface area contributed by atoms with Crippen LogP contribution in [0.5, 0.6) is 0 Å². The summed E-state index contributed by atoms with van der Waals surface area (Å²) in [6.45, 7) is 3.50. The predicted molar refractivity (Wildman–Crippen MR) is 130 cm³/mol. The molecule has 34 heavy (non-hydrogen) atoms. The van der Waals surface area contributed by atoms with Crippen molar-refractivity contribution in [2.75, 3.05) is 37.0 Å². The smallest absolute Gasteiger partial charge is 0.242 e. The zero-order chi connectivity index (χ0) is 24.5. The lowest BCUT2D eigenvalue weighted by atomic mass is 9.85. The van der Waals surface area contributed by atoms with Crippen molar-refractivity contribution in [2.24, 2.45) is 5.92 Å². The van der Waals surface area contributed by atoms with Crippen LogP contribution in [0.25, 0.3) is 0 Å². The van der Waals surface area contributed by atoms with Crippen LogP contribution in [0.4, 0.5) is 15.9 Å². The van der Waals surface area contributed by atoms with Gasteiger partial charge in [-0.15, -0.1) is 0 Å². The van der Waals surface area contributed by atoms with Crippen molar-refractivity contribution < 1.29 is 17.6 Å². The summed E-state index contributed by atoms with van der Waals surface area (Å²) in [5.41, 5.74) is 1.64. The molecule has 0 spiro atoms. The Kier molecular flexibility index (Phi) is 7.09. The van der Waals surface area contributed by atoms with Gasteiger partial charge in [-0.2, -0.15) is 0 Å². The van der Waals surface area contributed by atoms with Gasteiger partial charge in [0, 0.05) is 45.3 Å². The third-order valence-electron chi connectivity index (χ3n) is 6.82. The molecule has 1 aliphatic heterocycles. The van der Waals surface area contributed by atoms with E-state index in [9.17, 15) is 17.6 Å². The minimum absolute atomic E-state index is 0.0517. The number of amides is 1. The van der Waals surface area contributed by atoms with E-state index in [4.69, 9.17) is 0 Å². The summed E-state index contributed by atoms with van der Waals surface area (Å²) in [6, 6.07) is 7.32. The van der Waals surface area contributed by atoms with Gasteiger partial charge in [-0.1, -0.05) is 12.1 Å². The zero-order valence-corrected chi connectivity index (χ0v) is 20.6. The van der Waals surface area contributed by atoms with Crippen molar-refractivity contribution in [3.8, 4) is 0 Å². The predicted octanol–water partition coefficient (Wildman–Crippen LogP) is 2.82. The van der Waals surface area contributed by atoms with Crippen LogP contribution < -0.4 is 19.8 Å². The molecule has 1 amide bonds. The SMILES string of the molecule is C[C@@H](NC(=O)[C@H]1CC[C@H](NS(=O)(=O)c2cnc3c(c2)N(C)CCN3C)CC1)c1ccc(F)cc1. The Morgan fingerprint density at radius 2 is 1.74 bits per heavy atom. The van der Waals surface area contributed by atoms with E-state index < -0.39 is 10.0 Å². The second kappa shape index (κ2) is 9.87. The van der Waals surface area contributed by atoms with Crippen LogP contribution in [0.1, 0.15) is 44.2 Å². The van der Waals surface area contributed by atoms with E-state index in [2.05, 4.69) is 15.0 Å². The Labute approximate surface area is 200 Å². The lowest BCUT2D eigenvalue weighted by Gasteiger charge is -2.34. The van der Waals surface area contributed by atoms with Crippen LogP contribution in [-0.4, -0.2) is 52.5 Å². The van der Waals surface area contributed by atoms with Crippen molar-refractivity contribution in [3.63, 3.8) is 0 Å². The number of anilines is 2. The summed E-state index contributed by atoms with van der Waals surface area (Å²) in [4.78, 5) is 21.3. The molecule has 1 saturated carbocycles. The number of halogens is 1. The number of likely N-dealkylation sites (N-methyl/N-ethyl adjacent to an activating group) is 2. The highest BCUT2D eigenvalue weighted by atomic mass is 32.2. The molecule has 2 N–H and O–H groups in total. The minimum Gasteiger partial charge on any atom is -0.370 e. The Bertz CT molecular complexity index is 1130. The molecular formula is C24H32FN5O3S. The van der Waals surface area contributed by atoms with Gasteiger partial charge in [-0.25, -0.2) is 22.5 Å². The van der Waals surface area contributed by atoms with Gasteiger partial charge < -0.3 is 15.1 Å². The van der Waals surface area contributed by atoms with Crippen LogP contribution in [0, 0.1) is 11.7 Å². The molecule has 2 aliphatic rings. The quantitative estimate of drug-likeness (QED) is 0.648. The lowest BCUT2D eigenvalue weighted by Crippen LogP contribution is -2.41. The van der Waals surface area contributed by atoms with Crippen LogP contribution in [0.2, 0.25) is 0 Å². The van der Waals surface area contributed by atoms with E-state index in [1.165, 1.54) is 18.3 Å². The lowest BCUT2D eigenvalue weighted by molar-refractivity contribution is -0.126. The van der Waals surface area contributed by atoms with Crippen molar-refractivity contribution in [1.82, 2.24) is 15.0 Å². The molecule has 0 bridgehead atoms. The molecule has 1 fully saturated rings. The van der Waals surface area contributed by atoms with E-state index >= 15 is 0 Å². The van der Waals surface area contributed by atoms with Gasteiger partial charge in [0.2, 0.25) is 15.9 Å². The number of aromatic nitrogens is 1. The topological polar surface area (TPSA) is 94.6 Å². The average Bonchev–Trinajstić information content (AvgIpc) is 2.82. The monoisotopic (exact) mass is 489 g/mol. The van der Waals surface area contributed by atoms with E-state index in [0.29, 0.717) is 25.7 Å². The van der Waals surface area contributed by atoms with Gasteiger partial charge in [0.05, 0.1) is 11.7 Å². The number of sulfonamides is 1. The van der Waals surface area contributed by atoms with E-state index in [-0.39, 0.29) is 34.6 Å². The van der Waals surface area contributed by atoms with Gasteiger partial charge in [-0.05, 0) is 56.4 Å². The Balaban J connectivity index is 1.33. The third-order valence-corrected chi connectivity index (χ3v) is 8.31. The first-order chi connectivity index (χ1) is 16.1. The summed E-state index contributed by atoms with van der Waals surface area (Å²) >= 11 is 0. The summed E-state index contributed by atoms with van der Waals surface area (Å²) in [6.07, 6.45) is 3.79. The van der Waals surface area contributed by atoms with Crippen LogP contribution in [0.15, 0.2) is 41.4 Å². The fourth-order valence-corrected chi connectivity index (χ4v) is 5.87. The molecule has 1 aromatic carbocycles. The molecule has 10 heteroatoms. The van der Waals surface area contributed by atoms with E-state index in [1.807, 2.05) is 30.8 Å². The largest absolute Gasteiger partial charge is 0.370 e. The zero-order valence-electron chi connectivity index (χ0n) is 19.8. The highest BCUT2D eigenvalue weighted by molar-refractivity contribution is 7.89. The van der Waals surface area contributed by atoms with E-state index in [1.54, 1.807) is 18.2 Å². The number of fused-ring (bicyclic) bond motifs is 1. The first-order valence-electron chi connectivity index (χ1n) is 11.6. The minimum atomic E-state index is -3.72. The summed E-state index contributed by atoms with van der Waals surface area (Å²) in [5.74, 6) is 0.241. The van der Waals surface area contributed by atoms with Crippen molar-refractivity contribution >= 4 is 27.4 Å². The Hall–Kier alpha value is -2.72. The highest BCUT2D eigenvalue weighted by Gasteiger charge is 2.31. The van der Waals surface area contributed by atoms with Gasteiger partial charge in [0.15, 0.2) is 5.82 Å². The molecule has 4 rings (SSSR count). The fourth-order valence-electron chi connectivity index (χ4n) is 4.60. The fraction of sp³-hybridized carbons (Fsp3) is 0.500. The molecule has 0 radical (unpaired) electrons. The van der Waals surface area contributed by atoms with E-state index in [0.717, 1.165) is 30.2 Å². The second-order valence-electron chi connectivity index (χ2n) is 9.31. The number of carbonyl (C=O) groups excluding carboxylic acids is 1. The maximum atomic E-state index is 13.1. The number of nitrogens with one attached hydrogen (secondary N) is 2. The first-order valence-corrected chi connectivity index (χ1v) is 13.1. The molecule has 1 aromatic heterocycles. The van der Waals surface area contributed by atoms with Crippen LogP contribution in [-0.2, 0) is 14.8 Å². The molecule has 0 saturated heterocycles. The Morgan fingerprint density at radius 1 is 1.09 bits per heavy atom. The summed E-state index contributed by atoms with van der Waals surface area (Å²) in [7, 11) is 0.156. The molecule has 2 aromatic rings. The maximum absolute atomic E-state index is 13.1. The van der Waals surface area contributed by atoms with Crippen molar-refractivity contribution in [1.29, 1.82) is 0 Å². The van der Waals surface area contributed by atoms with Gasteiger partial charge >= 0.3 is 0 Å². The van der Waals surface area contributed by atoms with Gasteiger partial charge in [0.25, 0.3) is 0 Å². The molecule has 0 unspecified atom stereocenters. The number of pyridine rings is 1. The standard InChI is InChI=1S/C24H32FN5O3S/c1-16(17-4-8-19(25)9-5-17)27-24(31)18-6-10-20(11-7-18)28-34(32,33)21-14-22-23(26-15-21)30(3)13-12-29(22)2/h4-5,8-9,14-16,18,20,28H,6-7,10-13H2,1-3H3,(H,27,31)/t16-,18-,20-/m1/s1. The second-order valence-corrected chi connectivity index (χ2v) is 11.0. The summed E-state index contributed by atoms with van der Waals surface area (Å²) < 4.78 is 42.0. The van der Waals surface area contributed by atoms with Crippen LogP contribution in [0.3, 0.4) is 0 Å². The highest BCUT2D eigenvalue weighted by Crippen LogP contribution is 2.32. The average molecular weight is 490 g/mol. The molecule has 1 aliphatic carbocycles. The molecular weight excluding hydrogens is 457 g/mol. The normalized spacial score (nSPS) is 21.6. The number of rotatable bonds is 6. The number of carbonyl (C=O) groups is 1. The maximum Gasteiger partial charge on any atom is 0.242 e. The number of hydrogen-bond donors (Lipinski definition) is 2. The number of benzene rings is 1. The summed E-state index contributed by atoms with van der Waals surface area (Å²) in [5, 5.41) is 2.99. The molecule has 184 valence electrons. The van der Waals surface area contributed by atoms with Crippen LogP contribution >= 0.6 is 0 Å².